The van der Waals surface area contributed by atoms with Crippen molar-refractivity contribution < 1.29 is 28.5 Å². The second kappa shape index (κ2) is 9.68. The highest BCUT2D eigenvalue weighted by atomic mass is 31.2. The average molecular weight is 346 g/mol. The van der Waals surface area contributed by atoms with E-state index in [9.17, 15) is 19.0 Å². The Morgan fingerprint density at radius 1 is 0.957 bits per heavy atom. The molecule has 0 aliphatic heterocycles. The number of esters is 2. The van der Waals surface area contributed by atoms with E-state index in [-0.39, 0.29) is 24.2 Å². The van der Waals surface area contributed by atoms with Crippen LogP contribution in [0.1, 0.15) is 27.7 Å². The SMILES string of the molecule is C=CC(=O)OC(C)C(C)CP(=O)(O)CC(C)C(C)OC(=O)C=C. The lowest BCUT2D eigenvalue weighted by atomic mass is 10.1. The molecule has 23 heavy (non-hydrogen) atoms. The average Bonchev–Trinajstić information content (AvgIpc) is 2.45. The van der Waals surface area contributed by atoms with Gasteiger partial charge in [-0.2, -0.15) is 0 Å². The van der Waals surface area contributed by atoms with Gasteiger partial charge in [0.05, 0.1) is 0 Å². The van der Waals surface area contributed by atoms with E-state index in [4.69, 9.17) is 9.47 Å². The van der Waals surface area contributed by atoms with E-state index in [1.165, 1.54) is 0 Å². The summed E-state index contributed by atoms with van der Waals surface area (Å²) < 4.78 is 22.5. The Bertz CT molecular complexity index is 447. The van der Waals surface area contributed by atoms with E-state index in [2.05, 4.69) is 13.2 Å². The predicted octanol–water partition coefficient (Wildman–Crippen LogP) is 2.76. The van der Waals surface area contributed by atoms with E-state index in [0.717, 1.165) is 12.2 Å². The first-order valence-electron chi connectivity index (χ1n) is 7.49. The lowest BCUT2D eigenvalue weighted by Gasteiger charge is -2.26. The molecule has 0 fully saturated rings. The Hall–Kier alpha value is -1.39. The summed E-state index contributed by atoms with van der Waals surface area (Å²) >= 11 is 0. The predicted molar refractivity (Wildman–Crippen MR) is 89.4 cm³/mol. The number of ether oxygens (including phenoxy) is 2. The standard InChI is InChI=1S/C16H27O6P/c1-7-15(17)21-13(5)11(3)9-23(19,20)10-12(4)14(6)22-16(18)8-2/h7-8,11-14H,1-2,9-10H2,3-6H3,(H,19,20). The Labute approximate surface area is 138 Å². The molecule has 0 aromatic rings. The molecule has 0 heterocycles. The summed E-state index contributed by atoms with van der Waals surface area (Å²) in [6.45, 7) is 13.5. The highest BCUT2D eigenvalue weighted by Crippen LogP contribution is 2.45. The molecule has 7 heteroatoms. The van der Waals surface area contributed by atoms with Crippen LogP contribution in [0.2, 0.25) is 0 Å². The molecule has 6 nitrogen and oxygen atoms in total. The van der Waals surface area contributed by atoms with Gasteiger partial charge in [0.1, 0.15) is 12.2 Å². The first-order valence-corrected chi connectivity index (χ1v) is 9.52. The second-order valence-corrected chi connectivity index (χ2v) is 8.28. The van der Waals surface area contributed by atoms with Crippen molar-refractivity contribution in [1.82, 2.24) is 0 Å². The maximum atomic E-state index is 12.4. The number of hydrogen-bond acceptors (Lipinski definition) is 5. The Morgan fingerprint density at radius 3 is 1.52 bits per heavy atom. The number of hydrogen-bond donors (Lipinski definition) is 1. The lowest BCUT2D eigenvalue weighted by molar-refractivity contribution is -0.144. The minimum Gasteiger partial charge on any atom is -0.459 e. The molecular formula is C16H27O6P. The summed E-state index contributed by atoms with van der Waals surface area (Å²) in [5.41, 5.74) is 0. The lowest BCUT2D eigenvalue weighted by Crippen LogP contribution is -2.27. The summed E-state index contributed by atoms with van der Waals surface area (Å²) in [6, 6.07) is 0. The van der Waals surface area contributed by atoms with Crippen LogP contribution in [0.4, 0.5) is 0 Å². The molecule has 0 saturated carbocycles. The minimum absolute atomic E-state index is 0.0189. The van der Waals surface area contributed by atoms with Crippen LogP contribution in [0.3, 0.4) is 0 Å². The largest absolute Gasteiger partial charge is 0.459 e. The van der Waals surface area contributed by atoms with Gasteiger partial charge < -0.3 is 14.4 Å². The van der Waals surface area contributed by atoms with Crippen LogP contribution in [0.5, 0.6) is 0 Å². The molecule has 4 unspecified atom stereocenters. The molecule has 0 aromatic carbocycles. The fourth-order valence-electron chi connectivity index (χ4n) is 1.97. The molecule has 0 aliphatic carbocycles. The van der Waals surface area contributed by atoms with Crippen molar-refractivity contribution in [3.63, 3.8) is 0 Å². The molecule has 0 aliphatic rings. The number of carbonyl (C=O) groups is 2. The van der Waals surface area contributed by atoms with Gasteiger partial charge in [0, 0.05) is 36.3 Å². The van der Waals surface area contributed by atoms with Gasteiger partial charge in [-0.25, -0.2) is 9.59 Å². The van der Waals surface area contributed by atoms with Crippen molar-refractivity contribution in [3.8, 4) is 0 Å². The van der Waals surface area contributed by atoms with Crippen LogP contribution < -0.4 is 0 Å². The van der Waals surface area contributed by atoms with E-state index in [1.807, 2.05) is 0 Å². The molecule has 0 spiro atoms. The molecule has 0 bridgehead atoms. The Morgan fingerprint density at radius 2 is 1.26 bits per heavy atom. The third kappa shape index (κ3) is 8.72. The molecule has 1 N–H and O–H groups in total. The van der Waals surface area contributed by atoms with Crippen LogP contribution in [0, 0.1) is 11.8 Å². The van der Waals surface area contributed by atoms with E-state index < -0.39 is 31.5 Å². The zero-order chi connectivity index (χ0) is 18.2. The van der Waals surface area contributed by atoms with Crippen LogP contribution in [0.15, 0.2) is 25.3 Å². The van der Waals surface area contributed by atoms with Gasteiger partial charge in [0.25, 0.3) is 0 Å². The van der Waals surface area contributed by atoms with Crippen LogP contribution >= 0.6 is 7.37 Å². The molecule has 4 atom stereocenters. The maximum Gasteiger partial charge on any atom is 0.330 e. The smallest absolute Gasteiger partial charge is 0.330 e. The van der Waals surface area contributed by atoms with Gasteiger partial charge >= 0.3 is 11.9 Å². The highest BCUT2D eigenvalue weighted by Gasteiger charge is 2.30. The third-order valence-electron chi connectivity index (χ3n) is 3.69. The van der Waals surface area contributed by atoms with Gasteiger partial charge in [-0.3, -0.25) is 4.57 Å². The molecule has 0 radical (unpaired) electrons. The van der Waals surface area contributed by atoms with Crippen molar-refractivity contribution in [2.24, 2.45) is 11.8 Å². The van der Waals surface area contributed by atoms with Gasteiger partial charge in [-0.1, -0.05) is 27.0 Å². The summed E-state index contributed by atoms with van der Waals surface area (Å²) in [7, 11) is -3.45. The van der Waals surface area contributed by atoms with Gasteiger partial charge in [-0.15, -0.1) is 0 Å². The molecular weight excluding hydrogens is 319 g/mol. The minimum atomic E-state index is -3.45. The quantitative estimate of drug-likeness (QED) is 0.372. The van der Waals surface area contributed by atoms with Crippen molar-refractivity contribution in [1.29, 1.82) is 0 Å². The second-order valence-electron chi connectivity index (χ2n) is 5.86. The first-order chi connectivity index (χ1) is 10.5. The first kappa shape index (κ1) is 21.6. The van der Waals surface area contributed by atoms with Gasteiger partial charge in [-0.05, 0) is 13.8 Å². The molecule has 0 amide bonds. The van der Waals surface area contributed by atoms with Crippen molar-refractivity contribution in [3.05, 3.63) is 25.3 Å². The molecule has 0 saturated heterocycles. The fraction of sp³-hybridized carbons (Fsp3) is 0.625. The van der Waals surface area contributed by atoms with E-state index in [0.29, 0.717) is 0 Å². The summed E-state index contributed by atoms with van der Waals surface area (Å²) in [5, 5.41) is 0. The molecule has 0 rings (SSSR count). The Balaban J connectivity index is 4.59. The molecule has 132 valence electrons. The highest BCUT2D eigenvalue weighted by molar-refractivity contribution is 7.58. The Kier molecular flexibility index (Phi) is 9.10. The zero-order valence-electron chi connectivity index (χ0n) is 14.2. The van der Waals surface area contributed by atoms with Crippen molar-refractivity contribution in [2.45, 2.75) is 39.9 Å². The van der Waals surface area contributed by atoms with E-state index >= 15 is 0 Å². The molecule has 0 aromatic heterocycles. The van der Waals surface area contributed by atoms with Crippen LogP contribution in [-0.4, -0.2) is 41.4 Å². The van der Waals surface area contributed by atoms with Crippen molar-refractivity contribution >= 4 is 19.3 Å². The maximum absolute atomic E-state index is 12.4. The fourth-order valence-corrected chi connectivity index (χ4v) is 4.51. The third-order valence-corrected chi connectivity index (χ3v) is 5.98. The zero-order valence-corrected chi connectivity index (χ0v) is 15.1. The van der Waals surface area contributed by atoms with E-state index in [1.54, 1.807) is 27.7 Å². The van der Waals surface area contributed by atoms with Gasteiger partial charge in [0.15, 0.2) is 0 Å². The summed E-state index contributed by atoms with van der Waals surface area (Å²) in [5.74, 6) is -1.69. The summed E-state index contributed by atoms with van der Waals surface area (Å²) in [6.07, 6.45) is 1.16. The number of carbonyl (C=O) groups excluding carboxylic acids is 2. The van der Waals surface area contributed by atoms with Crippen LogP contribution in [0.25, 0.3) is 0 Å². The monoisotopic (exact) mass is 346 g/mol. The van der Waals surface area contributed by atoms with Crippen molar-refractivity contribution in [2.75, 3.05) is 12.3 Å². The van der Waals surface area contributed by atoms with Gasteiger partial charge in [0.2, 0.25) is 7.37 Å². The van der Waals surface area contributed by atoms with Crippen LogP contribution in [-0.2, 0) is 23.6 Å². The topological polar surface area (TPSA) is 89.9 Å². The summed E-state index contributed by atoms with van der Waals surface area (Å²) in [4.78, 5) is 32.5. The number of rotatable bonds is 10. The normalized spacial score (nSPS) is 18.7.